The fourth-order valence-corrected chi connectivity index (χ4v) is 3.19. The van der Waals surface area contributed by atoms with Crippen molar-refractivity contribution in [2.75, 3.05) is 32.0 Å². The van der Waals surface area contributed by atoms with Crippen LogP contribution in [0.25, 0.3) is 6.08 Å². The molecule has 1 atom stereocenters. The van der Waals surface area contributed by atoms with Crippen LogP contribution in [0.5, 0.6) is 0 Å². The summed E-state index contributed by atoms with van der Waals surface area (Å²) in [6.07, 6.45) is 11.1. The minimum absolute atomic E-state index is 0.0793. The van der Waals surface area contributed by atoms with Crippen LogP contribution in [0.15, 0.2) is 18.5 Å². The highest BCUT2D eigenvalue weighted by molar-refractivity contribution is 5.91. The van der Waals surface area contributed by atoms with Gasteiger partial charge in [0, 0.05) is 56.3 Å². The Bertz CT molecular complexity index is 561. The molecule has 1 aromatic rings. The topological polar surface area (TPSA) is 93.4 Å². The van der Waals surface area contributed by atoms with Crippen LogP contribution in [-0.4, -0.2) is 59.2 Å². The van der Waals surface area contributed by atoms with Crippen molar-refractivity contribution >= 4 is 17.9 Å². The fraction of sp³-hybridized carbons (Fsp3) is 0.588. The summed E-state index contributed by atoms with van der Waals surface area (Å²) < 4.78 is 5.69. The first-order valence-electron chi connectivity index (χ1n) is 8.59. The minimum Gasteiger partial charge on any atom is -0.377 e. The van der Waals surface area contributed by atoms with Crippen molar-refractivity contribution in [2.45, 2.75) is 37.8 Å². The van der Waals surface area contributed by atoms with Gasteiger partial charge in [0.1, 0.15) is 0 Å². The van der Waals surface area contributed by atoms with Crippen molar-refractivity contribution in [3.05, 3.63) is 24.0 Å². The number of carbonyl (C=O) groups is 1. The van der Waals surface area contributed by atoms with Gasteiger partial charge in [0.15, 0.2) is 0 Å². The number of carbonyl (C=O) groups excluding carboxylic acids is 1. The lowest BCUT2D eigenvalue weighted by atomic mass is 10.0. The zero-order chi connectivity index (χ0) is 16.8. The molecule has 1 unspecified atom stereocenters. The van der Waals surface area contributed by atoms with Crippen molar-refractivity contribution in [3.63, 3.8) is 0 Å². The molecule has 7 heteroatoms. The zero-order valence-corrected chi connectivity index (χ0v) is 13.9. The second-order valence-electron chi connectivity index (χ2n) is 6.43. The van der Waals surface area contributed by atoms with Gasteiger partial charge in [0.2, 0.25) is 11.9 Å². The van der Waals surface area contributed by atoms with E-state index in [4.69, 9.17) is 10.5 Å². The first kappa shape index (κ1) is 16.9. The number of hydrogen-bond donors (Lipinski definition) is 2. The van der Waals surface area contributed by atoms with Gasteiger partial charge in [-0.3, -0.25) is 4.79 Å². The Morgan fingerprint density at radius 1 is 1.33 bits per heavy atom. The van der Waals surface area contributed by atoms with Gasteiger partial charge in [-0.05, 0) is 31.8 Å². The maximum absolute atomic E-state index is 12.0. The largest absolute Gasteiger partial charge is 0.377 e. The van der Waals surface area contributed by atoms with E-state index in [1.807, 2.05) is 0 Å². The molecule has 3 N–H and O–H groups in total. The van der Waals surface area contributed by atoms with E-state index in [2.05, 4.69) is 20.2 Å². The number of ether oxygens (including phenoxy) is 1. The fourth-order valence-electron chi connectivity index (χ4n) is 3.19. The summed E-state index contributed by atoms with van der Waals surface area (Å²) in [6.45, 7) is 3.96. The van der Waals surface area contributed by atoms with E-state index in [1.54, 1.807) is 18.5 Å². The van der Waals surface area contributed by atoms with Crippen LogP contribution in [0.2, 0.25) is 0 Å². The number of nitrogens with two attached hydrogens (primary N) is 1. The lowest BCUT2D eigenvalue weighted by Crippen LogP contribution is -2.46. The molecule has 2 saturated heterocycles. The Morgan fingerprint density at radius 2 is 2.08 bits per heavy atom. The molecule has 2 aliphatic heterocycles. The summed E-state index contributed by atoms with van der Waals surface area (Å²) in [7, 11) is 0. The number of anilines is 1. The zero-order valence-electron chi connectivity index (χ0n) is 13.9. The molecule has 0 aromatic carbocycles. The van der Waals surface area contributed by atoms with E-state index in [0.29, 0.717) is 6.10 Å². The predicted molar refractivity (Wildman–Crippen MR) is 92.1 cm³/mol. The molecule has 3 heterocycles. The van der Waals surface area contributed by atoms with Crippen molar-refractivity contribution in [1.29, 1.82) is 0 Å². The Hall–Kier alpha value is -1.99. The van der Waals surface area contributed by atoms with Gasteiger partial charge in [-0.25, -0.2) is 9.97 Å². The summed E-state index contributed by atoms with van der Waals surface area (Å²) in [5.41, 5.74) is 6.19. The van der Waals surface area contributed by atoms with Gasteiger partial charge in [-0.1, -0.05) is 0 Å². The molecular formula is C17H25N5O2. The number of nitrogens with one attached hydrogen (secondary N) is 1. The van der Waals surface area contributed by atoms with E-state index in [0.717, 1.165) is 44.6 Å². The molecular weight excluding hydrogens is 306 g/mol. The molecule has 0 spiro atoms. The van der Waals surface area contributed by atoms with E-state index >= 15 is 0 Å². The third kappa shape index (κ3) is 5.01. The lowest BCUT2D eigenvalue weighted by molar-refractivity contribution is -0.117. The van der Waals surface area contributed by atoms with E-state index in [1.165, 1.54) is 18.9 Å². The average molecular weight is 331 g/mol. The van der Waals surface area contributed by atoms with Gasteiger partial charge in [-0.2, -0.15) is 0 Å². The maximum atomic E-state index is 12.0. The molecule has 24 heavy (non-hydrogen) atoms. The highest BCUT2D eigenvalue weighted by atomic mass is 16.5. The molecule has 0 aliphatic carbocycles. The van der Waals surface area contributed by atoms with Gasteiger partial charge in [-0.15, -0.1) is 0 Å². The number of hydrogen-bond acceptors (Lipinski definition) is 6. The van der Waals surface area contributed by atoms with Crippen LogP contribution in [0.4, 0.5) is 5.95 Å². The molecule has 2 aliphatic rings. The highest BCUT2D eigenvalue weighted by Crippen LogP contribution is 2.17. The van der Waals surface area contributed by atoms with Crippen molar-refractivity contribution in [2.24, 2.45) is 0 Å². The molecule has 1 aromatic heterocycles. The molecule has 0 saturated carbocycles. The summed E-state index contributed by atoms with van der Waals surface area (Å²) in [4.78, 5) is 22.2. The predicted octanol–water partition coefficient (Wildman–Crippen LogP) is 0.832. The van der Waals surface area contributed by atoms with Crippen LogP contribution in [0.1, 0.15) is 31.2 Å². The number of nitrogen functional groups attached to an aromatic ring is 1. The molecule has 0 radical (unpaired) electrons. The monoisotopic (exact) mass is 331 g/mol. The SMILES string of the molecule is Nc1ncc(/C=C/C(=O)NC2CCN(CC3CCCO3)CC2)cn1. The standard InChI is InChI=1S/C17H25N5O2/c18-17-19-10-13(11-20-17)3-4-16(23)21-14-5-7-22(8-6-14)12-15-2-1-9-24-15/h3-4,10-11,14-15H,1-2,5-9,12H2,(H,21,23)(H2,18,19,20)/b4-3+. The number of piperidine rings is 1. The van der Waals surface area contributed by atoms with Crippen molar-refractivity contribution < 1.29 is 9.53 Å². The summed E-state index contributed by atoms with van der Waals surface area (Å²) in [6, 6.07) is 0.241. The highest BCUT2D eigenvalue weighted by Gasteiger charge is 2.24. The van der Waals surface area contributed by atoms with E-state index < -0.39 is 0 Å². The van der Waals surface area contributed by atoms with E-state index in [-0.39, 0.29) is 17.9 Å². The van der Waals surface area contributed by atoms with E-state index in [9.17, 15) is 4.79 Å². The van der Waals surface area contributed by atoms with Gasteiger partial charge in [0.05, 0.1) is 6.10 Å². The van der Waals surface area contributed by atoms with Gasteiger partial charge in [0.25, 0.3) is 0 Å². The Morgan fingerprint density at radius 3 is 2.75 bits per heavy atom. The smallest absolute Gasteiger partial charge is 0.244 e. The average Bonchev–Trinajstić information content (AvgIpc) is 3.09. The first-order valence-corrected chi connectivity index (χ1v) is 8.59. The molecule has 2 fully saturated rings. The number of nitrogens with zero attached hydrogens (tertiary/aromatic N) is 3. The van der Waals surface area contributed by atoms with Crippen LogP contribution >= 0.6 is 0 Å². The third-order valence-electron chi connectivity index (χ3n) is 4.54. The second kappa shape index (κ2) is 8.21. The van der Waals surface area contributed by atoms with Crippen LogP contribution in [0.3, 0.4) is 0 Å². The van der Waals surface area contributed by atoms with Gasteiger partial charge >= 0.3 is 0 Å². The summed E-state index contributed by atoms with van der Waals surface area (Å²) in [5, 5.41) is 3.07. The number of amides is 1. The van der Waals surface area contributed by atoms with Gasteiger partial charge < -0.3 is 20.7 Å². The second-order valence-corrected chi connectivity index (χ2v) is 6.43. The van der Waals surface area contributed by atoms with Crippen LogP contribution < -0.4 is 11.1 Å². The normalized spacial score (nSPS) is 22.9. The molecule has 1 amide bonds. The summed E-state index contributed by atoms with van der Waals surface area (Å²) >= 11 is 0. The van der Waals surface area contributed by atoms with Crippen LogP contribution in [-0.2, 0) is 9.53 Å². The Labute approximate surface area is 142 Å². The quantitative estimate of drug-likeness (QED) is 0.776. The minimum atomic E-state index is -0.0793. The molecule has 7 nitrogen and oxygen atoms in total. The summed E-state index contributed by atoms with van der Waals surface area (Å²) in [5.74, 6) is 0.149. The molecule has 130 valence electrons. The number of aromatic nitrogens is 2. The number of rotatable bonds is 5. The third-order valence-corrected chi connectivity index (χ3v) is 4.54. The first-order chi connectivity index (χ1) is 11.7. The Balaban J connectivity index is 1.38. The van der Waals surface area contributed by atoms with Crippen LogP contribution in [0, 0.1) is 0 Å². The molecule has 3 rings (SSSR count). The van der Waals surface area contributed by atoms with Crippen molar-refractivity contribution in [1.82, 2.24) is 20.2 Å². The molecule has 0 bridgehead atoms. The lowest BCUT2D eigenvalue weighted by Gasteiger charge is -2.33. The number of likely N-dealkylation sites (tertiary alicyclic amines) is 1. The Kier molecular flexibility index (Phi) is 5.77. The maximum Gasteiger partial charge on any atom is 0.244 e. The van der Waals surface area contributed by atoms with Crippen molar-refractivity contribution in [3.8, 4) is 0 Å².